The van der Waals surface area contributed by atoms with Crippen LogP contribution in [0.4, 0.5) is 0 Å². The normalized spacial score (nSPS) is 26.6. The average molecular weight is 222 g/mol. The number of hydrogen-bond acceptors (Lipinski definition) is 2. The van der Waals surface area contributed by atoms with Crippen molar-refractivity contribution >= 4 is 0 Å². The summed E-state index contributed by atoms with van der Waals surface area (Å²) >= 11 is 0. The Kier molecular flexibility index (Phi) is 6.49. The van der Waals surface area contributed by atoms with Crippen LogP contribution >= 0.6 is 0 Å². The molecule has 16 heavy (non-hydrogen) atoms. The smallest absolute Gasteiger partial charge is 0.0672 e. The number of nitriles is 1. The summed E-state index contributed by atoms with van der Waals surface area (Å²) in [7, 11) is 0. The lowest BCUT2D eigenvalue weighted by Crippen LogP contribution is -2.40. The van der Waals surface area contributed by atoms with E-state index in [1.165, 1.54) is 44.9 Å². The molecule has 0 radical (unpaired) electrons. The first-order valence-electron chi connectivity index (χ1n) is 6.97. The predicted octanol–water partition coefficient (Wildman–Crippen LogP) is 3.63. The minimum absolute atomic E-state index is 0.265. The Morgan fingerprint density at radius 2 is 2.06 bits per heavy atom. The first kappa shape index (κ1) is 13.5. The highest BCUT2D eigenvalue weighted by atomic mass is 15.0. The van der Waals surface area contributed by atoms with E-state index >= 15 is 0 Å². The van der Waals surface area contributed by atoms with Gasteiger partial charge in [0.2, 0.25) is 0 Å². The van der Waals surface area contributed by atoms with Crippen molar-refractivity contribution in [1.29, 1.82) is 5.26 Å². The summed E-state index contributed by atoms with van der Waals surface area (Å²) in [6.45, 7) is 4.49. The fourth-order valence-corrected chi connectivity index (χ4v) is 2.73. The van der Waals surface area contributed by atoms with Crippen molar-refractivity contribution in [3.63, 3.8) is 0 Å². The van der Waals surface area contributed by atoms with E-state index in [0.717, 1.165) is 6.42 Å². The lowest BCUT2D eigenvalue weighted by molar-refractivity contribution is 0.356. The molecule has 92 valence electrons. The zero-order valence-corrected chi connectivity index (χ0v) is 10.8. The van der Waals surface area contributed by atoms with E-state index < -0.39 is 0 Å². The molecular weight excluding hydrogens is 196 g/mol. The van der Waals surface area contributed by atoms with Crippen molar-refractivity contribution in [2.75, 3.05) is 0 Å². The van der Waals surface area contributed by atoms with Crippen LogP contribution < -0.4 is 5.32 Å². The van der Waals surface area contributed by atoms with Crippen molar-refractivity contribution in [1.82, 2.24) is 5.32 Å². The molecule has 0 aromatic rings. The Morgan fingerprint density at radius 1 is 1.25 bits per heavy atom. The van der Waals surface area contributed by atoms with Gasteiger partial charge in [0, 0.05) is 12.1 Å². The second kappa shape index (κ2) is 7.68. The Morgan fingerprint density at radius 3 is 2.69 bits per heavy atom. The molecule has 0 aromatic heterocycles. The van der Waals surface area contributed by atoms with Gasteiger partial charge in [0.05, 0.1) is 12.0 Å². The summed E-state index contributed by atoms with van der Waals surface area (Å²) in [6, 6.07) is 3.57. The molecule has 1 rings (SSSR count). The maximum absolute atomic E-state index is 9.07. The van der Waals surface area contributed by atoms with Gasteiger partial charge < -0.3 is 5.32 Å². The highest BCUT2D eigenvalue weighted by Gasteiger charge is 2.28. The fraction of sp³-hybridized carbons (Fsp3) is 0.929. The number of nitrogens with zero attached hydrogens (tertiary/aromatic N) is 1. The molecule has 1 fully saturated rings. The van der Waals surface area contributed by atoms with E-state index in [9.17, 15) is 0 Å². The molecule has 1 aliphatic carbocycles. The van der Waals surface area contributed by atoms with Crippen LogP contribution in [0.25, 0.3) is 0 Å². The van der Waals surface area contributed by atoms with Crippen molar-refractivity contribution < 1.29 is 0 Å². The summed E-state index contributed by atoms with van der Waals surface area (Å²) in [6.07, 6.45) is 9.88. The van der Waals surface area contributed by atoms with E-state index in [1.807, 2.05) is 0 Å². The minimum atomic E-state index is 0.265. The average Bonchev–Trinajstić information content (AvgIpc) is 2.73. The second-order valence-corrected chi connectivity index (χ2v) is 5.07. The zero-order valence-electron chi connectivity index (χ0n) is 10.8. The van der Waals surface area contributed by atoms with Crippen LogP contribution in [0.5, 0.6) is 0 Å². The van der Waals surface area contributed by atoms with Crippen LogP contribution in [-0.2, 0) is 0 Å². The highest BCUT2D eigenvalue weighted by Crippen LogP contribution is 2.26. The number of rotatable bonds is 7. The number of nitrogens with one attached hydrogen (secondary N) is 1. The Labute approximate surface area is 100 Å². The van der Waals surface area contributed by atoms with Crippen LogP contribution in [0.15, 0.2) is 0 Å². The van der Waals surface area contributed by atoms with Crippen molar-refractivity contribution in [2.24, 2.45) is 5.92 Å². The predicted molar refractivity (Wildman–Crippen MR) is 68.1 cm³/mol. The molecule has 0 bridgehead atoms. The van der Waals surface area contributed by atoms with Crippen LogP contribution in [0.2, 0.25) is 0 Å². The number of hydrogen-bond donors (Lipinski definition) is 1. The second-order valence-electron chi connectivity index (χ2n) is 5.07. The Balaban J connectivity index is 2.37. The first-order valence-corrected chi connectivity index (χ1v) is 6.97. The summed E-state index contributed by atoms with van der Waals surface area (Å²) in [4.78, 5) is 0. The SMILES string of the molecule is CCCCC(CCC)NC1CCCC1C#N. The fourth-order valence-electron chi connectivity index (χ4n) is 2.73. The molecule has 2 heteroatoms. The highest BCUT2D eigenvalue weighted by molar-refractivity contribution is 4.97. The maximum atomic E-state index is 9.07. The topological polar surface area (TPSA) is 35.8 Å². The van der Waals surface area contributed by atoms with Gasteiger partial charge in [0.15, 0.2) is 0 Å². The quantitative estimate of drug-likeness (QED) is 0.714. The van der Waals surface area contributed by atoms with E-state index in [-0.39, 0.29) is 5.92 Å². The largest absolute Gasteiger partial charge is 0.310 e. The van der Waals surface area contributed by atoms with Crippen LogP contribution in [0, 0.1) is 17.2 Å². The van der Waals surface area contributed by atoms with Crippen LogP contribution in [0.1, 0.15) is 65.2 Å². The zero-order chi connectivity index (χ0) is 11.8. The van der Waals surface area contributed by atoms with Crippen LogP contribution in [-0.4, -0.2) is 12.1 Å². The Bertz CT molecular complexity index is 219. The molecule has 2 nitrogen and oxygen atoms in total. The Hall–Kier alpha value is -0.550. The summed E-state index contributed by atoms with van der Waals surface area (Å²) < 4.78 is 0. The van der Waals surface area contributed by atoms with Gasteiger partial charge in [-0.2, -0.15) is 5.26 Å². The maximum Gasteiger partial charge on any atom is 0.0672 e. The van der Waals surface area contributed by atoms with Crippen LogP contribution in [0.3, 0.4) is 0 Å². The van der Waals surface area contributed by atoms with Gasteiger partial charge in [-0.15, -0.1) is 0 Å². The summed E-state index contributed by atoms with van der Waals surface area (Å²) in [5.74, 6) is 0.265. The molecule has 0 saturated heterocycles. The molecule has 1 aliphatic rings. The van der Waals surface area contributed by atoms with Gasteiger partial charge in [-0.3, -0.25) is 0 Å². The lowest BCUT2D eigenvalue weighted by Gasteiger charge is -2.24. The van der Waals surface area contributed by atoms with E-state index in [1.54, 1.807) is 0 Å². The third-order valence-corrected chi connectivity index (χ3v) is 3.67. The molecular formula is C14H26N2. The molecule has 3 atom stereocenters. The molecule has 0 aromatic carbocycles. The van der Waals surface area contributed by atoms with Gasteiger partial charge in [-0.05, 0) is 25.7 Å². The lowest BCUT2D eigenvalue weighted by atomic mass is 10.00. The third-order valence-electron chi connectivity index (χ3n) is 3.67. The molecule has 3 unspecified atom stereocenters. The van der Waals surface area contributed by atoms with Crippen molar-refractivity contribution in [2.45, 2.75) is 77.3 Å². The molecule has 1 N–H and O–H groups in total. The van der Waals surface area contributed by atoms with E-state index in [4.69, 9.17) is 5.26 Å². The van der Waals surface area contributed by atoms with Crippen molar-refractivity contribution in [3.05, 3.63) is 0 Å². The summed E-state index contributed by atoms with van der Waals surface area (Å²) in [5, 5.41) is 12.8. The van der Waals surface area contributed by atoms with Gasteiger partial charge in [0.25, 0.3) is 0 Å². The molecule has 0 amide bonds. The third kappa shape index (κ3) is 4.14. The minimum Gasteiger partial charge on any atom is -0.310 e. The molecule has 0 spiro atoms. The molecule has 0 aliphatic heterocycles. The van der Waals surface area contributed by atoms with Gasteiger partial charge in [-0.1, -0.05) is 39.5 Å². The van der Waals surface area contributed by atoms with Gasteiger partial charge in [0.1, 0.15) is 0 Å². The van der Waals surface area contributed by atoms with Crippen molar-refractivity contribution in [3.8, 4) is 6.07 Å². The number of unbranched alkanes of at least 4 members (excludes halogenated alkanes) is 1. The first-order chi connectivity index (χ1) is 7.81. The standard InChI is InChI=1S/C14H26N2/c1-3-5-9-13(7-4-2)16-14-10-6-8-12(14)11-15/h12-14,16H,3-10H2,1-2H3. The molecule has 1 saturated carbocycles. The van der Waals surface area contributed by atoms with E-state index in [0.29, 0.717) is 12.1 Å². The summed E-state index contributed by atoms with van der Waals surface area (Å²) in [5.41, 5.74) is 0. The van der Waals surface area contributed by atoms with E-state index in [2.05, 4.69) is 25.2 Å². The van der Waals surface area contributed by atoms with Gasteiger partial charge in [-0.25, -0.2) is 0 Å². The monoisotopic (exact) mass is 222 g/mol. The molecule has 0 heterocycles. The van der Waals surface area contributed by atoms with Gasteiger partial charge >= 0.3 is 0 Å².